The minimum atomic E-state index is -2.97. The van der Waals surface area contributed by atoms with Gasteiger partial charge in [-0.2, -0.15) is 0 Å². The first-order chi connectivity index (χ1) is 11.6. The summed E-state index contributed by atoms with van der Waals surface area (Å²) in [7, 11) is 0. The van der Waals surface area contributed by atoms with Crippen molar-refractivity contribution >= 4 is 149 Å². The van der Waals surface area contributed by atoms with E-state index < -0.39 is 72.7 Å². The Morgan fingerprint density at radius 3 is 0.568 bits per heavy atom. The Bertz CT molecular complexity index is 528. The van der Waals surface area contributed by atoms with Gasteiger partial charge in [0.1, 0.15) is 11.2 Å². The third kappa shape index (κ3) is 40.8. The molecule has 0 aromatic heterocycles. The summed E-state index contributed by atoms with van der Waals surface area (Å²) in [6.07, 6.45) is -5.43. The smallest absolute Gasteiger partial charge is 0.550 e. The molecule has 0 saturated heterocycles. The molecule has 0 aromatic rings. The molecule has 0 amide bonds. The molecule has 0 aliphatic rings. The number of hydrogen-bond donors (Lipinski definition) is 2. The van der Waals surface area contributed by atoms with E-state index in [1.807, 2.05) is 0 Å². The maximum Gasteiger partial charge on any atom is 2.00 e. The molecular formula is C12H26Ca3O22. The van der Waals surface area contributed by atoms with E-state index in [2.05, 4.69) is 0 Å². The van der Waals surface area contributed by atoms with Crippen LogP contribution in [-0.4, -0.2) is 214 Å². The summed E-state index contributed by atoms with van der Waals surface area (Å²) < 4.78 is 0. The van der Waals surface area contributed by atoms with E-state index in [0.717, 1.165) is 0 Å². The van der Waals surface area contributed by atoms with Crippen molar-refractivity contribution in [3.63, 3.8) is 0 Å². The number of rotatable bonds is 10. The minimum Gasteiger partial charge on any atom is -0.550 e. The fraction of sp³-hybridized carbons (Fsp3) is 0.500. The maximum absolute atomic E-state index is 10.1. The molecule has 0 aliphatic heterocycles. The van der Waals surface area contributed by atoms with E-state index in [1.165, 1.54) is 0 Å². The second kappa shape index (κ2) is 38.3. The van der Waals surface area contributed by atoms with Gasteiger partial charge in [0.05, 0.1) is 11.9 Å². The van der Waals surface area contributed by atoms with Crippen LogP contribution < -0.4 is 30.6 Å². The molecule has 0 rings (SSSR count). The summed E-state index contributed by atoms with van der Waals surface area (Å²) in [4.78, 5) is 60.0. The molecule has 18 N–H and O–H groups in total. The van der Waals surface area contributed by atoms with Crippen molar-refractivity contribution in [3.05, 3.63) is 0 Å². The summed E-state index contributed by atoms with van der Waals surface area (Å²) in [6, 6.07) is 0. The zero-order valence-corrected chi connectivity index (χ0v) is 25.4. The predicted molar refractivity (Wildman–Crippen MR) is 105 cm³/mol. The molecule has 25 heteroatoms. The van der Waals surface area contributed by atoms with Crippen molar-refractivity contribution in [2.45, 2.75) is 36.9 Å². The quantitative estimate of drug-likeness (QED) is 0.209. The number of carboxylic acid groups (broad SMARTS) is 6. The number of hydrogen-bond acceptors (Lipinski definition) is 14. The third-order valence-electron chi connectivity index (χ3n) is 2.51. The van der Waals surface area contributed by atoms with E-state index in [4.69, 9.17) is 10.2 Å². The Hall–Kier alpha value is 0.199. The maximum atomic E-state index is 10.1. The average molecular weight is 643 g/mol. The van der Waals surface area contributed by atoms with Gasteiger partial charge in [0, 0.05) is 49.6 Å². The molecule has 212 valence electrons. The van der Waals surface area contributed by atoms with Crippen molar-refractivity contribution in [3.8, 4) is 0 Å². The van der Waals surface area contributed by atoms with Gasteiger partial charge in [0.25, 0.3) is 0 Å². The summed E-state index contributed by atoms with van der Waals surface area (Å²) in [5.41, 5.74) is -5.95. The van der Waals surface area contributed by atoms with Crippen LogP contribution in [0.2, 0.25) is 0 Å². The second-order valence-corrected chi connectivity index (χ2v) is 4.83. The fourth-order valence-corrected chi connectivity index (χ4v) is 1.37. The number of carbonyl (C=O) groups is 6. The number of carboxylic acids is 6. The van der Waals surface area contributed by atoms with Crippen molar-refractivity contribution in [1.82, 2.24) is 0 Å². The molecule has 0 heterocycles. The van der Waals surface area contributed by atoms with Crippen LogP contribution in [0.25, 0.3) is 0 Å². The third-order valence-corrected chi connectivity index (χ3v) is 2.51. The summed E-state index contributed by atoms with van der Waals surface area (Å²) in [5, 5.41) is 77.9. The molecule has 0 unspecified atom stereocenters. The first-order valence-corrected chi connectivity index (χ1v) is 6.23. The molecule has 0 aromatic carbocycles. The molecule has 37 heavy (non-hydrogen) atoms. The zero-order chi connectivity index (χ0) is 21.3. The van der Waals surface area contributed by atoms with Crippen LogP contribution in [0.5, 0.6) is 0 Å². The second-order valence-electron chi connectivity index (χ2n) is 4.83. The van der Waals surface area contributed by atoms with Gasteiger partial charge in [0.15, 0.2) is 0 Å². The fourth-order valence-electron chi connectivity index (χ4n) is 1.37. The summed E-state index contributed by atoms with van der Waals surface area (Å²) in [6.45, 7) is 0. The number of carbonyl (C=O) groups excluding carboxylic acids is 6. The van der Waals surface area contributed by atoms with Gasteiger partial charge in [-0.15, -0.1) is 0 Å². The SMILES string of the molecule is O.O.O.O.O.O.O.O.O=C([O-])CC(O)(CC(=O)[O-])C(=O)[O-].O=C([O-])CC(O)(CC(=O)[O-])C(=O)[O-].[Ca+2].[Ca+2].[Ca+2]. The van der Waals surface area contributed by atoms with E-state index in [9.17, 15) is 59.4 Å². The van der Waals surface area contributed by atoms with Gasteiger partial charge >= 0.3 is 113 Å². The van der Waals surface area contributed by atoms with Crippen LogP contribution in [0, 0.1) is 0 Å². The molecule has 22 nitrogen and oxygen atoms in total. The Kier molecular flexibility index (Phi) is 86.3. The van der Waals surface area contributed by atoms with Crippen molar-refractivity contribution < 1.29 is 113 Å². The van der Waals surface area contributed by atoms with Crippen LogP contribution in [0.4, 0.5) is 0 Å². The van der Waals surface area contributed by atoms with Crippen LogP contribution in [0.1, 0.15) is 25.7 Å². The largest absolute Gasteiger partial charge is 2.00 e. The standard InChI is InChI=1S/2C6H8O7.3Ca.8H2O/c2*7-3(8)1-6(13,5(11)12)2-4(9)10;;;;;;;;;;;/h2*13H,1-2H2,(H,7,8)(H,9,10)(H,11,12);;;;8*1H2/q;;3*+2;;;;;;;;/p-6. The van der Waals surface area contributed by atoms with E-state index in [0.29, 0.717) is 0 Å². The molecule has 0 bridgehead atoms. The van der Waals surface area contributed by atoms with Crippen molar-refractivity contribution in [2.75, 3.05) is 0 Å². The average Bonchev–Trinajstić information content (AvgIpc) is 2.34. The number of aliphatic hydroxyl groups is 2. The van der Waals surface area contributed by atoms with E-state index in [-0.39, 0.29) is 157 Å². The number of aliphatic carboxylic acids is 6. The molecule has 0 radical (unpaired) electrons. The molecule has 0 fully saturated rings. The molecule has 0 atom stereocenters. The van der Waals surface area contributed by atoms with Crippen LogP contribution in [0.3, 0.4) is 0 Å². The Morgan fingerprint density at radius 2 is 0.514 bits per heavy atom. The monoisotopic (exact) mass is 642 g/mol. The van der Waals surface area contributed by atoms with Gasteiger partial charge in [-0.3, -0.25) is 0 Å². The normalized spacial score (nSPS) is 7.62. The van der Waals surface area contributed by atoms with Gasteiger partial charge < -0.3 is 113 Å². The predicted octanol–water partition coefficient (Wildman–Crippen LogP) is -18.2. The summed E-state index contributed by atoms with van der Waals surface area (Å²) in [5.74, 6) is -12.0. The Labute approximate surface area is 295 Å². The van der Waals surface area contributed by atoms with Crippen LogP contribution in [0.15, 0.2) is 0 Å². The summed E-state index contributed by atoms with van der Waals surface area (Å²) >= 11 is 0. The zero-order valence-electron chi connectivity index (χ0n) is 18.7. The van der Waals surface area contributed by atoms with Gasteiger partial charge in [-0.1, -0.05) is 0 Å². The van der Waals surface area contributed by atoms with Gasteiger partial charge in [-0.25, -0.2) is 0 Å². The van der Waals surface area contributed by atoms with Crippen molar-refractivity contribution in [1.29, 1.82) is 0 Å². The van der Waals surface area contributed by atoms with E-state index in [1.54, 1.807) is 0 Å². The van der Waals surface area contributed by atoms with Crippen LogP contribution in [-0.2, 0) is 28.8 Å². The Morgan fingerprint density at radius 1 is 0.405 bits per heavy atom. The molecular weight excluding hydrogens is 616 g/mol. The van der Waals surface area contributed by atoms with Gasteiger partial charge in [-0.05, 0) is 0 Å². The topological polar surface area (TPSA) is 533 Å². The minimum absolute atomic E-state index is 0. The first kappa shape index (κ1) is 83.2. The Balaban J connectivity index is -0.0000000218. The van der Waals surface area contributed by atoms with Gasteiger partial charge in [0.2, 0.25) is 0 Å². The molecule has 0 spiro atoms. The van der Waals surface area contributed by atoms with E-state index >= 15 is 0 Å². The van der Waals surface area contributed by atoms with Crippen LogP contribution >= 0.6 is 0 Å². The van der Waals surface area contributed by atoms with Crippen molar-refractivity contribution in [2.24, 2.45) is 0 Å². The first-order valence-electron chi connectivity index (χ1n) is 6.23. The molecule has 0 aliphatic carbocycles. The molecule has 0 saturated carbocycles.